The number of rotatable bonds is 4. The van der Waals surface area contributed by atoms with Crippen LogP contribution in [0.1, 0.15) is 44.1 Å². The minimum absolute atomic E-state index is 0.221. The number of benzene rings is 1. The third-order valence-electron chi connectivity index (χ3n) is 4.38. The summed E-state index contributed by atoms with van der Waals surface area (Å²) < 4.78 is 9.45. The highest BCUT2D eigenvalue weighted by Crippen LogP contribution is 2.36. The molecule has 0 spiro atoms. The molecule has 1 aromatic carbocycles. The van der Waals surface area contributed by atoms with Gasteiger partial charge in [0.2, 0.25) is 0 Å². The van der Waals surface area contributed by atoms with Crippen molar-refractivity contribution < 1.29 is 23.9 Å². The average Bonchev–Trinajstić information content (AvgIpc) is 2.60. The van der Waals surface area contributed by atoms with E-state index < -0.39 is 11.9 Å². The van der Waals surface area contributed by atoms with Crippen LogP contribution in [0.25, 0.3) is 0 Å². The van der Waals surface area contributed by atoms with Gasteiger partial charge >= 0.3 is 17.8 Å². The second-order valence-electron chi connectivity index (χ2n) is 6.09. The first-order valence-corrected chi connectivity index (χ1v) is 8.12. The van der Waals surface area contributed by atoms with Crippen LogP contribution in [0, 0.1) is 5.92 Å². The van der Waals surface area contributed by atoms with E-state index in [9.17, 15) is 14.4 Å². The molecule has 6 heteroatoms. The van der Waals surface area contributed by atoms with Crippen molar-refractivity contribution >= 4 is 23.5 Å². The van der Waals surface area contributed by atoms with Gasteiger partial charge in [-0.1, -0.05) is 12.1 Å². The quantitative estimate of drug-likeness (QED) is 0.676. The Morgan fingerprint density at radius 1 is 1.08 bits per heavy atom. The summed E-state index contributed by atoms with van der Waals surface area (Å²) in [4.78, 5) is 33.4. The molecule has 0 aliphatic heterocycles. The summed E-state index contributed by atoms with van der Waals surface area (Å²) >= 11 is 0. The molecular weight excluding hydrogens is 310 g/mol. The lowest BCUT2D eigenvalue weighted by atomic mass is 9.79. The van der Waals surface area contributed by atoms with E-state index in [-0.39, 0.29) is 5.97 Å². The Balaban J connectivity index is 1.85. The van der Waals surface area contributed by atoms with E-state index in [1.165, 1.54) is 19.6 Å². The van der Waals surface area contributed by atoms with E-state index in [1.54, 1.807) is 12.1 Å². The SMILES string of the molecule is COC(=O)C(=O)Nc1ccc(C2CCC(COC(C)=O)CC2)cc1. The first-order chi connectivity index (χ1) is 11.5. The van der Waals surface area contributed by atoms with Crippen molar-refractivity contribution in [2.75, 3.05) is 19.0 Å². The summed E-state index contributed by atoms with van der Waals surface area (Å²) in [5.41, 5.74) is 1.79. The molecule has 0 aromatic heterocycles. The Kier molecular flexibility index (Phi) is 6.35. The van der Waals surface area contributed by atoms with Gasteiger partial charge in [0.05, 0.1) is 13.7 Å². The van der Waals surface area contributed by atoms with Crippen LogP contribution in [0.15, 0.2) is 24.3 Å². The molecular formula is C18H23NO5. The van der Waals surface area contributed by atoms with Crippen molar-refractivity contribution in [2.45, 2.75) is 38.5 Å². The van der Waals surface area contributed by atoms with Crippen molar-refractivity contribution in [1.29, 1.82) is 0 Å². The summed E-state index contributed by atoms with van der Waals surface area (Å²) in [5.74, 6) is -0.990. The van der Waals surface area contributed by atoms with Crippen LogP contribution < -0.4 is 5.32 Å². The van der Waals surface area contributed by atoms with Gasteiger partial charge in [0.15, 0.2) is 0 Å². The minimum Gasteiger partial charge on any atom is -0.466 e. The van der Waals surface area contributed by atoms with Gasteiger partial charge in [-0.2, -0.15) is 0 Å². The first-order valence-electron chi connectivity index (χ1n) is 8.12. The molecule has 1 aliphatic carbocycles. The van der Waals surface area contributed by atoms with Crippen LogP contribution >= 0.6 is 0 Å². The third kappa shape index (κ3) is 5.08. The van der Waals surface area contributed by atoms with Crippen LogP contribution in [0.5, 0.6) is 0 Å². The molecule has 1 aliphatic rings. The Morgan fingerprint density at radius 3 is 2.25 bits per heavy atom. The van der Waals surface area contributed by atoms with E-state index >= 15 is 0 Å². The van der Waals surface area contributed by atoms with Gasteiger partial charge < -0.3 is 14.8 Å². The number of nitrogens with one attached hydrogen (secondary N) is 1. The van der Waals surface area contributed by atoms with Crippen LogP contribution in [0.2, 0.25) is 0 Å². The van der Waals surface area contributed by atoms with Gasteiger partial charge in [-0.3, -0.25) is 9.59 Å². The van der Waals surface area contributed by atoms with Gasteiger partial charge in [0.1, 0.15) is 0 Å². The molecule has 1 fully saturated rings. The number of amides is 1. The fraction of sp³-hybridized carbons (Fsp3) is 0.500. The predicted molar refractivity (Wildman–Crippen MR) is 88.4 cm³/mol. The van der Waals surface area contributed by atoms with Gasteiger partial charge in [0, 0.05) is 12.6 Å². The highest BCUT2D eigenvalue weighted by atomic mass is 16.5. The van der Waals surface area contributed by atoms with Gasteiger partial charge in [0.25, 0.3) is 0 Å². The van der Waals surface area contributed by atoms with Crippen LogP contribution in [-0.2, 0) is 23.9 Å². The number of esters is 2. The summed E-state index contributed by atoms with van der Waals surface area (Å²) in [6.45, 7) is 1.95. The molecule has 130 valence electrons. The fourth-order valence-electron chi connectivity index (χ4n) is 3.01. The van der Waals surface area contributed by atoms with Crippen molar-refractivity contribution in [3.8, 4) is 0 Å². The summed E-state index contributed by atoms with van der Waals surface area (Å²) in [6, 6.07) is 7.54. The van der Waals surface area contributed by atoms with Crippen molar-refractivity contribution in [3.05, 3.63) is 29.8 Å². The molecule has 2 rings (SSSR count). The molecule has 1 amide bonds. The Hall–Kier alpha value is -2.37. The van der Waals surface area contributed by atoms with E-state index in [4.69, 9.17) is 4.74 Å². The van der Waals surface area contributed by atoms with E-state index in [1.807, 2.05) is 12.1 Å². The van der Waals surface area contributed by atoms with Crippen molar-refractivity contribution in [1.82, 2.24) is 0 Å². The Morgan fingerprint density at radius 2 is 1.71 bits per heavy atom. The zero-order chi connectivity index (χ0) is 17.5. The Labute approximate surface area is 141 Å². The van der Waals surface area contributed by atoms with Crippen LogP contribution in [-0.4, -0.2) is 31.6 Å². The number of ether oxygens (including phenoxy) is 2. The molecule has 1 saturated carbocycles. The minimum atomic E-state index is -0.912. The Bertz CT molecular complexity index is 588. The van der Waals surface area contributed by atoms with Gasteiger partial charge in [-0.25, -0.2) is 4.79 Å². The monoisotopic (exact) mass is 333 g/mol. The van der Waals surface area contributed by atoms with E-state index in [0.29, 0.717) is 24.1 Å². The van der Waals surface area contributed by atoms with Crippen LogP contribution in [0.4, 0.5) is 5.69 Å². The second-order valence-corrected chi connectivity index (χ2v) is 6.09. The molecule has 1 aromatic rings. The number of carbonyl (C=O) groups excluding carboxylic acids is 3. The van der Waals surface area contributed by atoms with Crippen molar-refractivity contribution in [2.24, 2.45) is 5.92 Å². The second kappa shape index (κ2) is 8.47. The highest BCUT2D eigenvalue weighted by molar-refractivity contribution is 6.37. The fourth-order valence-corrected chi connectivity index (χ4v) is 3.01. The largest absolute Gasteiger partial charge is 0.466 e. The zero-order valence-corrected chi connectivity index (χ0v) is 14.0. The number of methoxy groups -OCH3 is 1. The normalized spacial score (nSPS) is 20.1. The molecule has 1 N–H and O–H groups in total. The van der Waals surface area contributed by atoms with E-state index in [2.05, 4.69) is 10.1 Å². The maximum absolute atomic E-state index is 11.5. The smallest absolute Gasteiger partial charge is 0.396 e. The van der Waals surface area contributed by atoms with Crippen LogP contribution in [0.3, 0.4) is 0 Å². The summed E-state index contributed by atoms with van der Waals surface area (Å²) in [6.07, 6.45) is 4.19. The molecule has 0 atom stereocenters. The molecule has 0 bridgehead atoms. The molecule has 0 radical (unpaired) electrons. The molecule has 24 heavy (non-hydrogen) atoms. The average molecular weight is 333 g/mol. The topological polar surface area (TPSA) is 81.7 Å². The van der Waals surface area contributed by atoms with Crippen molar-refractivity contribution in [3.63, 3.8) is 0 Å². The number of carbonyl (C=O) groups is 3. The highest BCUT2D eigenvalue weighted by Gasteiger charge is 2.23. The lowest BCUT2D eigenvalue weighted by Crippen LogP contribution is -2.23. The first kappa shape index (κ1) is 18.0. The zero-order valence-electron chi connectivity index (χ0n) is 14.0. The van der Waals surface area contributed by atoms with E-state index in [0.717, 1.165) is 25.7 Å². The number of hydrogen-bond acceptors (Lipinski definition) is 5. The van der Waals surface area contributed by atoms with Gasteiger partial charge in [-0.05, 0) is 55.2 Å². The molecule has 0 saturated heterocycles. The summed E-state index contributed by atoms with van der Waals surface area (Å²) in [7, 11) is 1.17. The predicted octanol–water partition coefficient (Wildman–Crippen LogP) is 2.64. The van der Waals surface area contributed by atoms with Gasteiger partial charge in [-0.15, -0.1) is 0 Å². The number of anilines is 1. The molecule has 0 unspecified atom stereocenters. The molecule has 6 nitrogen and oxygen atoms in total. The standard InChI is InChI=1S/C18H23NO5/c1-12(20)24-11-13-3-5-14(6-4-13)15-7-9-16(10-8-15)19-17(21)18(22)23-2/h7-10,13-14H,3-6,11H2,1-2H3,(H,19,21). The lowest BCUT2D eigenvalue weighted by Gasteiger charge is -2.28. The maximum Gasteiger partial charge on any atom is 0.396 e. The third-order valence-corrected chi connectivity index (χ3v) is 4.38. The lowest BCUT2D eigenvalue weighted by molar-refractivity contribution is -0.150. The maximum atomic E-state index is 11.5. The number of hydrogen-bond donors (Lipinski definition) is 1. The summed E-state index contributed by atoms with van der Waals surface area (Å²) in [5, 5.41) is 2.50. The molecule has 0 heterocycles.